The van der Waals surface area contributed by atoms with Gasteiger partial charge in [0.15, 0.2) is 0 Å². The lowest BCUT2D eigenvalue weighted by Crippen LogP contribution is -2.27. The Morgan fingerprint density at radius 2 is 1.09 bits per heavy atom. The fourth-order valence-corrected chi connectivity index (χ4v) is 4.50. The summed E-state index contributed by atoms with van der Waals surface area (Å²) in [4.78, 5) is 40.9. The van der Waals surface area contributed by atoms with E-state index >= 15 is 0 Å². The van der Waals surface area contributed by atoms with Crippen LogP contribution in [0.2, 0.25) is 0 Å². The van der Waals surface area contributed by atoms with Gasteiger partial charge < -0.3 is 50.3 Å². The van der Waals surface area contributed by atoms with Gasteiger partial charge in [0, 0.05) is 53.6 Å². The van der Waals surface area contributed by atoms with Crippen LogP contribution in [0.15, 0.2) is 84.0 Å². The maximum Gasteiger partial charge on any atom is 0.251 e. The van der Waals surface area contributed by atoms with Crippen molar-refractivity contribution in [1.82, 2.24) is 25.6 Å². The Labute approximate surface area is 313 Å². The molecular formula is C36H45N11O7. The van der Waals surface area contributed by atoms with Gasteiger partial charge in [-0.05, 0) is 66.2 Å². The number of anilines is 5. The molecule has 0 saturated heterocycles. The smallest absolute Gasteiger partial charge is 0.251 e. The van der Waals surface area contributed by atoms with Crippen molar-refractivity contribution in [2.24, 2.45) is 5.11 Å². The molecule has 0 spiro atoms. The summed E-state index contributed by atoms with van der Waals surface area (Å²) in [5.41, 5.74) is 10.7. The van der Waals surface area contributed by atoms with E-state index in [2.05, 4.69) is 51.6 Å². The molecule has 4 rings (SSSR count). The van der Waals surface area contributed by atoms with E-state index in [-0.39, 0.29) is 24.3 Å². The monoisotopic (exact) mass is 743 g/mol. The number of azide groups is 1. The number of hydrogen-bond acceptors (Lipinski definition) is 14. The summed E-state index contributed by atoms with van der Waals surface area (Å²) >= 11 is 0. The number of amides is 2. The molecule has 2 amide bonds. The zero-order valence-electron chi connectivity index (χ0n) is 30.0. The molecule has 0 aliphatic carbocycles. The van der Waals surface area contributed by atoms with Crippen LogP contribution in [0.5, 0.6) is 5.75 Å². The Morgan fingerprint density at radius 1 is 0.611 bits per heavy atom. The molecule has 286 valence electrons. The molecule has 3 aromatic carbocycles. The highest BCUT2D eigenvalue weighted by atomic mass is 16.5. The summed E-state index contributed by atoms with van der Waals surface area (Å²) in [6.45, 7) is 4.30. The first-order valence-corrected chi connectivity index (χ1v) is 17.3. The van der Waals surface area contributed by atoms with Crippen molar-refractivity contribution in [2.75, 3.05) is 102 Å². The maximum absolute atomic E-state index is 12.6. The van der Waals surface area contributed by atoms with Gasteiger partial charge in [-0.2, -0.15) is 15.0 Å². The third-order valence-corrected chi connectivity index (χ3v) is 7.16. The molecular weight excluding hydrogens is 698 g/mol. The maximum atomic E-state index is 12.6. The highest BCUT2D eigenvalue weighted by molar-refractivity contribution is 5.94. The zero-order chi connectivity index (χ0) is 38.1. The minimum absolute atomic E-state index is 0.141. The second kappa shape index (κ2) is 24.2. The minimum Gasteiger partial charge on any atom is -0.497 e. The van der Waals surface area contributed by atoms with Gasteiger partial charge in [0.2, 0.25) is 17.8 Å². The molecule has 0 bridgehead atoms. The van der Waals surface area contributed by atoms with Crippen LogP contribution in [0, 0.1) is 0 Å². The van der Waals surface area contributed by atoms with E-state index in [4.69, 9.17) is 29.2 Å². The average molecular weight is 744 g/mol. The quantitative estimate of drug-likeness (QED) is 0.0262. The number of methoxy groups -OCH3 is 1. The number of rotatable bonds is 26. The molecule has 0 fully saturated rings. The predicted molar refractivity (Wildman–Crippen MR) is 203 cm³/mol. The molecule has 5 N–H and O–H groups in total. The third kappa shape index (κ3) is 15.7. The molecule has 18 nitrogen and oxygen atoms in total. The van der Waals surface area contributed by atoms with Gasteiger partial charge in [0.1, 0.15) is 5.75 Å². The Kier molecular flexibility index (Phi) is 18.3. The number of hydrogen-bond donors (Lipinski definition) is 5. The SMILES string of the molecule is COc1ccc(Nc2nc(NCCOCCOCCNC(=O)c3ccccc3)nc(Nc3ccc(C(=O)NCCOCCOCCN=[N+]=[N-])cc3)n2)cc1. The van der Waals surface area contributed by atoms with Crippen molar-refractivity contribution >= 4 is 41.0 Å². The molecule has 4 aromatic rings. The van der Waals surface area contributed by atoms with Crippen molar-refractivity contribution in [2.45, 2.75) is 0 Å². The molecule has 0 aliphatic heterocycles. The van der Waals surface area contributed by atoms with Crippen molar-refractivity contribution in [1.29, 1.82) is 0 Å². The van der Waals surface area contributed by atoms with Crippen LogP contribution in [-0.2, 0) is 18.9 Å². The topological polar surface area (TPSA) is 228 Å². The summed E-state index contributed by atoms with van der Waals surface area (Å²) in [6.07, 6.45) is 0. The number of benzene rings is 3. The minimum atomic E-state index is -0.241. The van der Waals surface area contributed by atoms with Crippen molar-refractivity contribution in [3.05, 3.63) is 100 Å². The first-order chi connectivity index (χ1) is 26.5. The molecule has 1 heterocycles. The van der Waals surface area contributed by atoms with E-state index in [1.54, 1.807) is 43.5 Å². The van der Waals surface area contributed by atoms with E-state index in [0.717, 1.165) is 5.69 Å². The van der Waals surface area contributed by atoms with Crippen LogP contribution in [0.1, 0.15) is 20.7 Å². The second-order valence-corrected chi connectivity index (χ2v) is 11.1. The predicted octanol–water partition coefficient (Wildman–Crippen LogP) is 4.32. The Bertz CT molecular complexity index is 1740. The number of aromatic nitrogens is 3. The van der Waals surface area contributed by atoms with E-state index in [9.17, 15) is 9.59 Å². The third-order valence-electron chi connectivity index (χ3n) is 7.16. The highest BCUT2D eigenvalue weighted by Gasteiger charge is 2.10. The zero-order valence-corrected chi connectivity index (χ0v) is 30.0. The normalized spacial score (nSPS) is 10.5. The highest BCUT2D eigenvalue weighted by Crippen LogP contribution is 2.21. The first-order valence-electron chi connectivity index (χ1n) is 17.3. The van der Waals surface area contributed by atoms with Crippen LogP contribution in [0.3, 0.4) is 0 Å². The van der Waals surface area contributed by atoms with Gasteiger partial charge in [0.25, 0.3) is 11.8 Å². The Hall–Kier alpha value is -6.04. The van der Waals surface area contributed by atoms with Gasteiger partial charge in [0.05, 0.1) is 60.0 Å². The second-order valence-electron chi connectivity index (χ2n) is 11.1. The van der Waals surface area contributed by atoms with Crippen molar-refractivity contribution in [3.63, 3.8) is 0 Å². The van der Waals surface area contributed by atoms with Crippen LogP contribution >= 0.6 is 0 Å². The van der Waals surface area contributed by atoms with Crippen LogP contribution in [0.25, 0.3) is 10.4 Å². The van der Waals surface area contributed by atoms with Crippen LogP contribution in [0.4, 0.5) is 29.2 Å². The lowest BCUT2D eigenvalue weighted by atomic mass is 10.2. The van der Waals surface area contributed by atoms with Gasteiger partial charge in [-0.25, -0.2) is 0 Å². The van der Waals surface area contributed by atoms with E-state index < -0.39 is 0 Å². The molecule has 0 aliphatic rings. The lowest BCUT2D eigenvalue weighted by Gasteiger charge is -2.12. The Morgan fingerprint density at radius 3 is 1.63 bits per heavy atom. The van der Waals surface area contributed by atoms with E-state index in [1.807, 2.05) is 42.5 Å². The lowest BCUT2D eigenvalue weighted by molar-refractivity contribution is 0.0511. The molecule has 0 saturated carbocycles. The molecule has 1 aromatic heterocycles. The fourth-order valence-electron chi connectivity index (χ4n) is 4.50. The molecule has 54 heavy (non-hydrogen) atoms. The molecule has 0 unspecified atom stereocenters. The van der Waals surface area contributed by atoms with Crippen LogP contribution in [-0.4, -0.2) is 113 Å². The largest absolute Gasteiger partial charge is 0.497 e. The summed E-state index contributed by atoms with van der Waals surface area (Å²) in [5.74, 6) is 1.22. The fraction of sp³-hybridized carbons (Fsp3) is 0.361. The number of carbonyl (C=O) groups excluding carboxylic acids is 2. The summed E-state index contributed by atoms with van der Waals surface area (Å²) in [6, 6.07) is 23.2. The van der Waals surface area contributed by atoms with E-state index in [0.29, 0.717) is 107 Å². The number of carbonyl (C=O) groups is 2. The molecule has 0 atom stereocenters. The van der Waals surface area contributed by atoms with Gasteiger partial charge in [-0.1, -0.05) is 23.3 Å². The number of nitrogens with one attached hydrogen (secondary N) is 5. The molecule has 0 radical (unpaired) electrons. The van der Waals surface area contributed by atoms with Gasteiger partial charge >= 0.3 is 0 Å². The number of nitrogens with zero attached hydrogens (tertiary/aromatic N) is 6. The standard InChI is InChI=1S/C36H45N11O7/c1-50-31-13-11-30(12-14-31)43-36-45-34(40-17-21-53-24-23-51-19-15-38-32(48)27-5-3-2-4-6-27)44-35(46-36)42-29-9-7-28(8-10-29)33(49)39-16-20-52-25-26-54-22-18-41-47-37/h2-14H,15-26H2,1H3,(H,38,48)(H,39,49)(H3,40,42,43,44,45,46). The van der Waals surface area contributed by atoms with Gasteiger partial charge in [-0.15, -0.1) is 0 Å². The molecule has 18 heteroatoms. The van der Waals surface area contributed by atoms with Crippen LogP contribution < -0.4 is 31.3 Å². The first kappa shape index (κ1) is 40.7. The summed E-state index contributed by atoms with van der Waals surface area (Å²) in [5, 5.41) is 18.5. The average Bonchev–Trinajstić information content (AvgIpc) is 3.20. The van der Waals surface area contributed by atoms with Crippen molar-refractivity contribution < 1.29 is 33.3 Å². The summed E-state index contributed by atoms with van der Waals surface area (Å²) in [7, 11) is 1.60. The number of ether oxygens (including phenoxy) is 5. The van der Waals surface area contributed by atoms with Gasteiger partial charge in [-0.3, -0.25) is 9.59 Å². The van der Waals surface area contributed by atoms with Crippen molar-refractivity contribution in [3.8, 4) is 5.75 Å². The van der Waals surface area contributed by atoms with E-state index in [1.165, 1.54) is 0 Å². The summed E-state index contributed by atoms with van der Waals surface area (Å²) < 4.78 is 27.2. The Balaban J connectivity index is 1.21.